The van der Waals surface area contributed by atoms with E-state index in [9.17, 15) is 0 Å². The molecule has 0 aliphatic carbocycles. The van der Waals surface area contributed by atoms with E-state index < -0.39 is 0 Å². The summed E-state index contributed by atoms with van der Waals surface area (Å²) in [6.07, 6.45) is 0. The van der Waals surface area contributed by atoms with Gasteiger partial charge in [0.1, 0.15) is 5.75 Å². The molecule has 0 N–H and O–H groups in total. The fourth-order valence-corrected chi connectivity index (χ4v) is 4.50. The quantitative estimate of drug-likeness (QED) is 0.462. The van der Waals surface area contributed by atoms with Crippen molar-refractivity contribution in [1.29, 1.82) is 0 Å². The standard InChI is InChI=1S/C23H27N5OS/c1-7-29-17-11-9-8-10-16(17)22-24-25-23-20(21(14(2)3)26-28(22)23)15(4)18-12-13-19(30-18)27(5)6/h8-14H,7H2,1-6H3/b20-15-. The maximum absolute atomic E-state index is 5.82. The lowest BCUT2D eigenvalue weighted by Gasteiger charge is -2.07. The molecule has 3 heterocycles. The van der Waals surface area contributed by atoms with Crippen LogP contribution in [0, 0.1) is 0 Å². The molecule has 3 aromatic heterocycles. The highest BCUT2D eigenvalue weighted by atomic mass is 32.1. The molecule has 7 heteroatoms. The summed E-state index contributed by atoms with van der Waals surface area (Å²) in [7, 11) is 4.13. The van der Waals surface area contributed by atoms with Crippen molar-refractivity contribution < 1.29 is 4.74 Å². The summed E-state index contributed by atoms with van der Waals surface area (Å²) in [6, 6.07) is 12.2. The van der Waals surface area contributed by atoms with Gasteiger partial charge in [0.2, 0.25) is 0 Å². The minimum Gasteiger partial charge on any atom is -0.493 e. The Balaban J connectivity index is 1.97. The number of nitrogens with zero attached hydrogens (tertiary/aromatic N) is 5. The molecule has 0 atom stereocenters. The summed E-state index contributed by atoms with van der Waals surface area (Å²) in [5, 5.41) is 16.3. The van der Waals surface area contributed by atoms with E-state index in [4.69, 9.17) is 9.84 Å². The third kappa shape index (κ3) is 3.43. The summed E-state index contributed by atoms with van der Waals surface area (Å²) in [4.78, 5) is 3.35. The molecule has 0 bridgehead atoms. The molecule has 156 valence electrons. The van der Waals surface area contributed by atoms with Gasteiger partial charge in [-0.25, -0.2) is 0 Å². The zero-order valence-electron chi connectivity index (χ0n) is 18.3. The second-order valence-corrected chi connectivity index (χ2v) is 8.82. The number of fused-ring (bicyclic) bond motifs is 1. The molecule has 0 radical (unpaired) electrons. The molecule has 0 saturated heterocycles. The zero-order valence-corrected chi connectivity index (χ0v) is 19.1. The molecule has 4 rings (SSSR count). The average Bonchev–Trinajstić information content (AvgIpc) is 3.43. The Labute approximate surface area is 180 Å². The van der Waals surface area contributed by atoms with Gasteiger partial charge in [-0.15, -0.1) is 21.5 Å². The Hall–Kier alpha value is -2.93. The van der Waals surface area contributed by atoms with Crippen molar-refractivity contribution in [2.75, 3.05) is 25.6 Å². The fraction of sp³-hybridized carbons (Fsp3) is 0.348. The predicted octanol–water partition coefficient (Wildman–Crippen LogP) is 4.38. The molecule has 0 spiro atoms. The van der Waals surface area contributed by atoms with Crippen LogP contribution in [0.15, 0.2) is 36.4 Å². The minimum absolute atomic E-state index is 0.264. The second-order valence-electron chi connectivity index (χ2n) is 7.76. The monoisotopic (exact) mass is 421 g/mol. The van der Waals surface area contributed by atoms with E-state index in [0.717, 1.165) is 27.9 Å². The summed E-state index contributed by atoms with van der Waals surface area (Å²) in [5.41, 5.74) is 3.90. The molecular formula is C23H27N5OS. The van der Waals surface area contributed by atoms with E-state index in [0.29, 0.717) is 12.4 Å². The number of aromatic nitrogens is 4. The molecule has 0 aliphatic heterocycles. The normalized spacial score (nSPS) is 12.6. The first-order chi connectivity index (χ1) is 14.4. The van der Waals surface area contributed by atoms with Crippen molar-refractivity contribution in [1.82, 2.24) is 19.8 Å². The van der Waals surface area contributed by atoms with Gasteiger partial charge >= 0.3 is 0 Å². The second kappa shape index (κ2) is 8.07. The van der Waals surface area contributed by atoms with E-state index >= 15 is 0 Å². The first-order valence-electron chi connectivity index (χ1n) is 10.2. The van der Waals surface area contributed by atoms with Gasteiger partial charge in [-0.1, -0.05) is 26.0 Å². The Morgan fingerprint density at radius 2 is 1.90 bits per heavy atom. The van der Waals surface area contributed by atoms with Crippen LogP contribution < -0.4 is 14.9 Å². The number of benzene rings is 1. The van der Waals surface area contributed by atoms with Gasteiger partial charge in [0, 0.05) is 24.2 Å². The third-order valence-corrected chi connectivity index (χ3v) is 6.45. The number of hydrogen-bond donors (Lipinski definition) is 0. The maximum atomic E-state index is 5.82. The number of para-hydroxylation sites is 1. The lowest BCUT2D eigenvalue weighted by atomic mass is 10.1. The van der Waals surface area contributed by atoms with Crippen molar-refractivity contribution in [3.05, 3.63) is 52.2 Å². The van der Waals surface area contributed by atoms with Gasteiger partial charge in [-0.05, 0) is 49.6 Å². The summed E-state index contributed by atoms with van der Waals surface area (Å²) in [5.74, 6) is 1.76. The predicted molar refractivity (Wildman–Crippen MR) is 124 cm³/mol. The van der Waals surface area contributed by atoms with E-state index in [2.05, 4.69) is 62.1 Å². The highest BCUT2D eigenvalue weighted by Gasteiger charge is 2.21. The molecular weight excluding hydrogens is 394 g/mol. The number of hydrogen-bond acceptors (Lipinski definition) is 6. The van der Waals surface area contributed by atoms with Crippen molar-refractivity contribution in [3.63, 3.8) is 0 Å². The molecule has 0 unspecified atom stereocenters. The van der Waals surface area contributed by atoms with Gasteiger partial charge in [0.05, 0.1) is 22.9 Å². The average molecular weight is 422 g/mol. The van der Waals surface area contributed by atoms with Gasteiger partial charge < -0.3 is 9.64 Å². The highest BCUT2D eigenvalue weighted by Crippen LogP contribution is 2.31. The van der Waals surface area contributed by atoms with Crippen molar-refractivity contribution in [2.24, 2.45) is 0 Å². The van der Waals surface area contributed by atoms with Crippen molar-refractivity contribution in [2.45, 2.75) is 33.6 Å². The van der Waals surface area contributed by atoms with E-state index in [1.165, 1.54) is 15.5 Å². The number of rotatable bonds is 6. The molecule has 0 amide bonds. The zero-order chi connectivity index (χ0) is 21.4. The largest absolute Gasteiger partial charge is 0.493 e. The third-order valence-electron chi connectivity index (χ3n) is 5.08. The van der Waals surface area contributed by atoms with Crippen molar-refractivity contribution in [3.8, 4) is 17.1 Å². The Morgan fingerprint density at radius 1 is 1.13 bits per heavy atom. The van der Waals surface area contributed by atoms with Gasteiger partial charge in [0.25, 0.3) is 0 Å². The number of thiophene rings is 1. The van der Waals surface area contributed by atoms with E-state index in [1.807, 2.05) is 35.7 Å². The molecule has 30 heavy (non-hydrogen) atoms. The smallest absolute Gasteiger partial charge is 0.189 e. The Morgan fingerprint density at radius 3 is 2.57 bits per heavy atom. The Bertz CT molecular complexity index is 1240. The summed E-state index contributed by atoms with van der Waals surface area (Å²) in [6.45, 7) is 9.05. The van der Waals surface area contributed by atoms with Gasteiger partial charge in [-0.2, -0.15) is 9.61 Å². The highest BCUT2D eigenvalue weighted by molar-refractivity contribution is 7.17. The van der Waals surface area contributed by atoms with Gasteiger partial charge in [-0.3, -0.25) is 0 Å². The lowest BCUT2D eigenvalue weighted by Crippen LogP contribution is -2.12. The van der Waals surface area contributed by atoms with Crippen LogP contribution in [0.5, 0.6) is 5.75 Å². The first-order valence-corrected chi connectivity index (χ1v) is 11.0. The van der Waals surface area contributed by atoms with Crippen LogP contribution in [0.4, 0.5) is 5.00 Å². The molecule has 4 aromatic rings. The summed E-state index contributed by atoms with van der Waals surface area (Å²) >= 11 is 1.77. The number of ether oxygens (including phenoxy) is 1. The van der Waals surface area contributed by atoms with Crippen LogP contribution >= 0.6 is 11.3 Å². The van der Waals surface area contributed by atoms with Crippen LogP contribution in [0.1, 0.15) is 44.2 Å². The molecule has 0 saturated carbocycles. The van der Waals surface area contributed by atoms with E-state index in [-0.39, 0.29) is 5.92 Å². The van der Waals surface area contributed by atoms with Crippen LogP contribution in [0.2, 0.25) is 0 Å². The summed E-state index contributed by atoms with van der Waals surface area (Å²) < 4.78 is 7.69. The topological polar surface area (TPSA) is 55.6 Å². The van der Waals surface area contributed by atoms with Crippen molar-refractivity contribution >= 4 is 27.6 Å². The molecule has 0 fully saturated rings. The van der Waals surface area contributed by atoms with Crippen LogP contribution in [0.3, 0.4) is 0 Å². The maximum Gasteiger partial charge on any atom is 0.189 e. The number of anilines is 1. The molecule has 6 nitrogen and oxygen atoms in total. The van der Waals surface area contributed by atoms with E-state index in [1.54, 1.807) is 11.3 Å². The van der Waals surface area contributed by atoms with Crippen LogP contribution in [0.25, 0.3) is 22.6 Å². The Kier molecular flexibility index (Phi) is 5.47. The minimum atomic E-state index is 0.264. The SMILES string of the molecule is CCOc1ccccc1-c1nnc2/c(=C(/C)c3ccc(N(C)C)s3)c(C(C)C)nn12. The van der Waals surface area contributed by atoms with Crippen LogP contribution in [-0.4, -0.2) is 40.5 Å². The fourth-order valence-electron chi connectivity index (χ4n) is 3.56. The molecule has 0 aliphatic rings. The molecule has 1 aromatic carbocycles. The van der Waals surface area contributed by atoms with Crippen LogP contribution in [-0.2, 0) is 0 Å². The first kappa shape index (κ1) is 20.3. The lowest BCUT2D eigenvalue weighted by molar-refractivity contribution is 0.341. The van der Waals surface area contributed by atoms with Gasteiger partial charge in [0.15, 0.2) is 11.5 Å².